The maximum atomic E-state index is 13.6. The number of benzene rings is 2. The molecule has 1 N–H and O–H groups in total. The molecule has 0 saturated carbocycles. The van der Waals surface area contributed by atoms with Gasteiger partial charge in [0.15, 0.2) is 6.10 Å². The molecule has 0 spiro atoms. The van der Waals surface area contributed by atoms with Crippen molar-refractivity contribution in [2.45, 2.75) is 26.0 Å². The van der Waals surface area contributed by atoms with Crippen LogP contribution in [0.25, 0.3) is 0 Å². The van der Waals surface area contributed by atoms with Gasteiger partial charge in [-0.25, -0.2) is 13.6 Å². The Balaban J connectivity index is 2.04. The molecule has 26 heavy (non-hydrogen) atoms. The predicted octanol–water partition coefficient (Wildman–Crippen LogP) is 4.69. The SMILES string of the molecule is C[C@@H](OC(=O)c1c(F)cccc1F)C(=O)N[C@H](C)c1ccc(Cl)cc1Cl. The average molecular weight is 402 g/mol. The Morgan fingerprint density at radius 3 is 2.27 bits per heavy atom. The summed E-state index contributed by atoms with van der Waals surface area (Å²) in [6, 6.07) is 7.28. The summed E-state index contributed by atoms with van der Waals surface area (Å²) in [4.78, 5) is 24.1. The molecule has 0 unspecified atom stereocenters. The third-order valence-electron chi connectivity index (χ3n) is 3.61. The molecule has 0 aliphatic carbocycles. The van der Waals surface area contributed by atoms with E-state index in [0.717, 1.165) is 18.2 Å². The summed E-state index contributed by atoms with van der Waals surface area (Å²) in [5.74, 6) is -4.04. The van der Waals surface area contributed by atoms with Crippen molar-refractivity contribution in [2.75, 3.05) is 0 Å². The number of esters is 1. The number of ether oxygens (including phenoxy) is 1. The molecule has 0 aliphatic heterocycles. The fourth-order valence-electron chi connectivity index (χ4n) is 2.23. The summed E-state index contributed by atoms with van der Waals surface area (Å²) in [6.45, 7) is 2.97. The van der Waals surface area contributed by atoms with Crippen LogP contribution in [0.2, 0.25) is 10.0 Å². The first-order valence-electron chi connectivity index (χ1n) is 7.61. The maximum absolute atomic E-state index is 13.6. The minimum absolute atomic E-state index is 0.364. The lowest BCUT2D eigenvalue weighted by Gasteiger charge is -2.19. The quantitative estimate of drug-likeness (QED) is 0.739. The number of hydrogen-bond acceptors (Lipinski definition) is 3. The topological polar surface area (TPSA) is 55.4 Å². The molecule has 0 radical (unpaired) electrons. The first-order chi connectivity index (χ1) is 12.2. The Hall–Kier alpha value is -2.18. The van der Waals surface area contributed by atoms with Crippen molar-refractivity contribution >= 4 is 35.1 Å². The lowest BCUT2D eigenvalue weighted by molar-refractivity contribution is -0.129. The van der Waals surface area contributed by atoms with E-state index in [9.17, 15) is 18.4 Å². The van der Waals surface area contributed by atoms with Crippen molar-refractivity contribution < 1.29 is 23.1 Å². The first-order valence-corrected chi connectivity index (χ1v) is 8.36. The normalized spacial score (nSPS) is 13.0. The van der Waals surface area contributed by atoms with Crippen LogP contribution in [0.3, 0.4) is 0 Å². The van der Waals surface area contributed by atoms with Crippen molar-refractivity contribution in [2.24, 2.45) is 0 Å². The second-order valence-electron chi connectivity index (χ2n) is 5.54. The van der Waals surface area contributed by atoms with E-state index in [1.54, 1.807) is 19.1 Å². The molecular weight excluding hydrogens is 387 g/mol. The lowest BCUT2D eigenvalue weighted by Crippen LogP contribution is -2.37. The molecule has 1 amide bonds. The Labute approximate surface area is 159 Å². The lowest BCUT2D eigenvalue weighted by atomic mass is 10.1. The number of halogens is 4. The molecule has 0 saturated heterocycles. The summed E-state index contributed by atoms with van der Waals surface area (Å²) in [6.07, 6.45) is -1.27. The summed E-state index contributed by atoms with van der Waals surface area (Å²) in [7, 11) is 0. The Bertz CT molecular complexity index is 825. The van der Waals surface area contributed by atoms with Gasteiger partial charge in [0.2, 0.25) is 0 Å². The third kappa shape index (κ3) is 4.71. The highest BCUT2D eigenvalue weighted by atomic mass is 35.5. The monoisotopic (exact) mass is 401 g/mol. The molecule has 2 atom stereocenters. The van der Waals surface area contributed by atoms with Crippen LogP contribution in [0.1, 0.15) is 35.8 Å². The Morgan fingerprint density at radius 1 is 1.08 bits per heavy atom. The van der Waals surface area contributed by atoms with Crippen LogP contribution in [0.15, 0.2) is 36.4 Å². The number of rotatable bonds is 5. The van der Waals surface area contributed by atoms with E-state index >= 15 is 0 Å². The van der Waals surface area contributed by atoms with E-state index < -0.39 is 41.2 Å². The molecule has 2 rings (SSSR count). The molecule has 0 aromatic heterocycles. The van der Waals surface area contributed by atoms with Gasteiger partial charge in [-0.15, -0.1) is 0 Å². The van der Waals surface area contributed by atoms with Crippen LogP contribution in [0.4, 0.5) is 8.78 Å². The molecule has 2 aromatic rings. The van der Waals surface area contributed by atoms with Gasteiger partial charge >= 0.3 is 5.97 Å². The fraction of sp³-hybridized carbons (Fsp3) is 0.222. The van der Waals surface area contributed by atoms with Crippen molar-refractivity contribution in [3.05, 3.63) is 69.2 Å². The van der Waals surface area contributed by atoms with Crippen LogP contribution in [0, 0.1) is 11.6 Å². The third-order valence-corrected chi connectivity index (χ3v) is 4.17. The average Bonchev–Trinajstić information content (AvgIpc) is 2.54. The van der Waals surface area contributed by atoms with Crippen molar-refractivity contribution in [1.82, 2.24) is 5.32 Å². The highest BCUT2D eigenvalue weighted by Gasteiger charge is 2.25. The van der Waals surface area contributed by atoms with Gasteiger partial charge in [-0.05, 0) is 43.7 Å². The summed E-state index contributed by atoms with van der Waals surface area (Å²) in [5, 5.41) is 3.43. The number of nitrogens with one attached hydrogen (secondary N) is 1. The van der Waals surface area contributed by atoms with E-state index in [0.29, 0.717) is 15.6 Å². The van der Waals surface area contributed by atoms with E-state index in [4.69, 9.17) is 27.9 Å². The van der Waals surface area contributed by atoms with Crippen molar-refractivity contribution in [1.29, 1.82) is 0 Å². The van der Waals surface area contributed by atoms with E-state index in [-0.39, 0.29) is 0 Å². The smallest absolute Gasteiger partial charge is 0.344 e. The van der Waals surface area contributed by atoms with Gasteiger partial charge in [-0.2, -0.15) is 0 Å². The molecule has 138 valence electrons. The fourth-order valence-corrected chi connectivity index (χ4v) is 2.80. The summed E-state index contributed by atoms with van der Waals surface area (Å²) < 4.78 is 32.0. The number of carbonyl (C=O) groups excluding carboxylic acids is 2. The molecule has 2 aromatic carbocycles. The van der Waals surface area contributed by atoms with Crippen LogP contribution in [-0.4, -0.2) is 18.0 Å². The van der Waals surface area contributed by atoms with Crippen LogP contribution >= 0.6 is 23.2 Å². The molecule has 8 heteroatoms. The van der Waals surface area contributed by atoms with Gasteiger partial charge in [-0.3, -0.25) is 4.79 Å². The number of hydrogen-bond donors (Lipinski definition) is 1. The second kappa shape index (κ2) is 8.47. The highest BCUT2D eigenvalue weighted by molar-refractivity contribution is 6.35. The van der Waals surface area contributed by atoms with Crippen LogP contribution in [-0.2, 0) is 9.53 Å². The van der Waals surface area contributed by atoms with E-state index in [2.05, 4.69) is 5.32 Å². The molecule has 0 bridgehead atoms. The maximum Gasteiger partial charge on any atom is 0.344 e. The molecule has 0 fully saturated rings. The zero-order valence-corrected chi connectivity index (χ0v) is 15.4. The second-order valence-corrected chi connectivity index (χ2v) is 6.38. The number of carbonyl (C=O) groups is 2. The molecule has 0 heterocycles. The molecule has 4 nitrogen and oxygen atoms in total. The zero-order chi connectivity index (χ0) is 19.4. The molecule has 0 aliphatic rings. The number of amides is 1. The van der Waals surface area contributed by atoms with Crippen molar-refractivity contribution in [3.8, 4) is 0 Å². The minimum atomic E-state index is -1.27. The van der Waals surface area contributed by atoms with Gasteiger partial charge in [0.1, 0.15) is 17.2 Å². The predicted molar refractivity (Wildman–Crippen MR) is 94.3 cm³/mol. The minimum Gasteiger partial charge on any atom is -0.449 e. The van der Waals surface area contributed by atoms with Crippen molar-refractivity contribution in [3.63, 3.8) is 0 Å². The van der Waals surface area contributed by atoms with E-state index in [1.807, 2.05) is 0 Å². The van der Waals surface area contributed by atoms with Gasteiger partial charge in [0, 0.05) is 10.0 Å². The molecular formula is C18H15Cl2F2NO3. The Kier molecular flexibility index (Phi) is 6.56. The van der Waals surface area contributed by atoms with E-state index in [1.165, 1.54) is 13.0 Å². The summed E-state index contributed by atoms with van der Waals surface area (Å²) >= 11 is 11.9. The standard InChI is InChI=1S/C18H15Cl2F2NO3/c1-9(12-7-6-11(19)8-13(12)20)23-17(24)10(2)26-18(25)16-14(21)4-3-5-15(16)22/h3-10H,1-2H3,(H,23,24)/t9-,10-/m1/s1. The van der Waals surface area contributed by atoms with Gasteiger partial charge in [0.25, 0.3) is 5.91 Å². The first kappa shape index (κ1) is 20.1. The largest absolute Gasteiger partial charge is 0.449 e. The van der Waals surface area contributed by atoms with Crippen LogP contribution in [0.5, 0.6) is 0 Å². The highest BCUT2D eigenvalue weighted by Crippen LogP contribution is 2.26. The summed E-state index contributed by atoms with van der Waals surface area (Å²) in [5.41, 5.74) is -0.232. The Morgan fingerprint density at radius 2 is 1.69 bits per heavy atom. The van der Waals surface area contributed by atoms with Gasteiger partial charge in [-0.1, -0.05) is 35.3 Å². The van der Waals surface area contributed by atoms with Gasteiger partial charge in [0.05, 0.1) is 6.04 Å². The zero-order valence-electron chi connectivity index (χ0n) is 13.9. The van der Waals surface area contributed by atoms with Gasteiger partial charge < -0.3 is 10.1 Å². The van der Waals surface area contributed by atoms with Crippen LogP contribution < -0.4 is 5.32 Å².